The van der Waals surface area contributed by atoms with Crippen molar-refractivity contribution >= 4 is 33.3 Å². The molecule has 0 unspecified atom stereocenters. The number of nitrogens with one attached hydrogen (secondary N) is 1. The van der Waals surface area contributed by atoms with Gasteiger partial charge >= 0.3 is 6.18 Å². The number of anilines is 1. The van der Waals surface area contributed by atoms with Crippen LogP contribution in [0.1, 0.15) is 21.6 Å². The third kappa shape index (κ3) is 3.98. The van der Waals surface area contributed by atoms with Gasteiger partial charge in [0.2, 0.25) is 0 Å². The van der Waals surface area contributed by atoms with Crippen molar-refractivity contribution in [3.8, 4) is 0 Å². The quantitative estimate of drug-likeness (QED) is 0.304. The van der Waals surface area contributed by atoms with Crippen LogP contribution in [0.25, 0.3) is 21.7 Å². The second-order valence-corrected chi connectivity index (χ2v) is 7.83. The maximum Gasteiger partial charge on any atom is 0.416 e. The lowest BCUT2D eigenvalue weighted by Crippen LogP contribution is -2.19. The Morgan fingerprint density at radius 3 is 2.59 bits per heavy atom. The van der Waals surface area contributed by atoms with Crippen molar-refractivity contribution in [1.29, 1.82) is 0 Å². The Hall–Kier alpha value is -4.20. The molecule has 0 atom stereocenters. The van der Waals surface area contributed by atoms with Crippen molar-refractivity contribution in [1.82, 2.24) is 9.55 Å². The van der Waals surface area contributed by atoms with Crippen molar-refractivity contribution in [3.63, 3.8) is 0 Å². The molecule has 0 aliphatic heterocycles. The van der Waals surface area contributed by atoms with Gasteiger partial charge < -0.3 is 9.88 Å². The minimum absolute atomic E-state index is 0.00195. The van der Waals surface area contributed by atoms with Gasteiger partial charge in [-0.15, -0.1) is 0 Å². The number of fused-ring (bicyclic) bond motifs is 2. The first-order chi connectivity index (χ1) is 16.3. The molecule has 4 nitrogen and oxygen atoms in total. The number of nitrogens with zero attached hydrogens (tertiary/aromatic N) is 2. The molecule has 5 aromatic rings. The number of benzene rings is 3. The third-order valence-electron chi connectivity index (χ3n) is 5.68. The number of rotatable bonds is 4. The van der Waals surface area contributed by atoms with E-state index in [2.05, 4.69) is 10.3 Å². The summed E-state index contributed by atoms with van der Waals surface area (Å²) in [5, 5.41) is 4.84. The predicted molar refractivity (Wildman–Crippen MR) is 122 cm³/mol. The monoisotopic (exact) mass is 463 g/mol. The van der Waals surface area contributed by atoms with Gasteiger partial charge in [-0.3, -0.25) is 9.78 Å². The standard InChI is InChI=1S/C26H17F4N3O/c27-19-8-9-23-18(12-19)13-24(33(23)15-17-4-1-2-6-21(17)26(28,29)30)25(34)32-22-7-3-5-16-14-31-11-10-20(16)22/h1-14H,15H2,(H,32,34). The minimum atomic E-state index is -4.55. The Morgan fingerprint density at radius 1 is 0.941 bits per heavy atom. The molecular weight excluding hydrogens is 446 g/mol. The number of amides is 1. The average Bonchev–Trinajstić information content (AvgIpc) is 3.16. The highest BCUT2D eigenvalue weighted by molar-refractivity contribution is 6.10. The highest BCUT2D eigenvalue weighted by atomic mass is 19.4. The van der Waals surface area contributed by atoms with Crippen LogP contribution in [0.5, 0.6) is 0 Å². The first-order valence-corrected chi connectivity index (χ1v) is 10.4. The summed E-state index contributed by atoms with van der Waals surface area (Å²) < 4.78 is 56.1. The molecule has 34 heavy (non-hydrogen) atoms. The number of carbonyl (C=O) groups is 1. The van der Waals surface area contributed by atoms with Crippen molar-refractivity contribution in [2.45, 2.75) is 12.7 Å². The van der Waals surface area contributed by atoms with Gasteiger partial charge in [0.15, 0.2) is 0 Å². The Labute approximate surface area is 191 Å². The summed E-state index contributed by atoms with van der Waals surface area (Å²) >= 11 is 0. The molecule has 170 valence electrons. The minimum Gasteiger partial charge on any atom is -0.332 e. The summed E-state index contributed by atoms with van der Waals surface area (Å²) in [5.74, 6) is -1.03. The summed E-state index contributed by atoms with van der Waals surface area (Å²) in [6, 6.07) is 17.7. The Kier molecular flexibility index (Phi) is 5.28. The lowest BCUT2D eigenvalue weighted by molar-refractivity contribution is -0.138. The van der Waals surface area contributed by atoms with E-state index in [4.69, 9.17) is 0 Å². The topological polar surface area (TPSA) is 46.9 Å². The average molecular weight is 463 g/mol. The van der Waals surface area contributed by atoms with E-state index in [1.54, 1.807) is 30.6 Å². The van der Waals surface area contributed by atoms with Crippen LogP contribution in [0.2, 0.25) is 0 Å². The van der Waals surface area contributed by atoms with Crippen molar-refractivity contribution in [2.75, 3.05) is 5.32 Å². The largest absolute Gasteiger partial charge is 0.416 e. The zero-order chi connectivity index (χ0) is 23.9. The molecule has 0 aliphatic carbocycles. The maximum atomic E-state index is 13.9. The molecule has 0 spiro atoms. The first-order valence-electron chi connectivity index (χ1n) is 10.4. The number of alkyl halides is 3. The summed E-state index contributed by atoms with van der Waals surface area (Å²) in [7, 11) is 0. The molecule has 2 heterocycles. The van der Waals surface area contributed by atoms with E-state index in [-0.39, 0.29) is 17.8 Å². The highest BCUT2D eigenvalue weighted by Crippen LogP contribution is 2.33. The van der Waals surface area contributed by atoms with Crippen molar-refractivity contribution in [2.24, 2.45) is 0 Å². The molecule has 2 aromatic heterocycles. The second kappa shape index (κ2) is 8.30. The Balaban J connectivity index is 1.61. The fourth-order valence-electron chi connectivity index (χ4n) is 4.12. The molecule has 1 N–H and O–H groups in total. The Bertz CT molecular complexity index is 1530. The number of hydrogen-bond donors (Lipinski definition) is 1. The van der Waals surface area contributed by atoms with Gasteiger partial charge in [-0.25, -0.2) is 4.39 Å². The molecular formula is C26H17F4N3O. The normalized spacial score (nSPS) is 11.8. The van der Waals surface area contributed by atoms with Gasteiger partial charge in [-0.1, -0.05) is 30.3 Å². The molecule has 5 rings (SSSR count). The van der Waals surface area contributed by atoms with Crippen molar-refractivity contribution < 1.29 is 22.4 Å². The van der Waals surface area contributed by atoms with Gasteiger partial charge in [0.25, 0.3) is 5.91 Å². The number of carbonyl (C=O) groups excluding carboxylic acids is 1. The van der Waals surface area contributed by atoms with Crippen LogP contribution >= 0.6 is 0 Å². The lowest BCUT2D eigenvalue weighted by atomic mass is 10.1. The van der Waals surface area contributed by atoms with Crippen LogP contribution in [0, 0.1) is 5.82 Å². The number of hydrogen-bond acceptors (Lipinski definition) is 2. The van der Waals surface area contributed by atoms with E-state index in [1.165, 1.54) is 47.0 Å². The van der Waals surface area contributed by atoms with Crippen LogP contribution in [-0.4, -0.2) is 15.5 Å². The molecule has 0 aliphatic rings. The van der Waals surface area contributed by atoms with Crippen LogP contribution in [-0.2, 0) is 12.7 Å². The smallest absolute Gasteiger partial charge is 0.332 e. The zero-order valence-electron chi connectivity index (χ0n) is 17.6. The molecule has 0 fully saturated rings. The fraction of sp³-hybridized carbons (Fsp3) is 0.0769. The molecule has 1 amide bonds. The van der Waals surface area contributed by atoms with E-state index >= 15 is 0 Å². The van der Waals surface area contributed by atoms with Crippen LogP contribution in [0.4, 0.5) is 23.2 Å². The van der Waals surface area contributed by atoms with E-state index in [9.17, 15) is 22.4 Å². The number of pyridine rings is 1. The first kappa shape index (κ1) is 21.6. The lowest BCUT2D eigenvalue weighted by Gasteiger charge is -2.16. The van der Waals surface area contributed by atoms with Crippen LogP contribution < -0.4 is 5.32 Å². The molecule has 3 aromatic carbocycles. The van der Waals surface area contributed by atoms with E-state index in [0.717, 1.165) is 16.8 Å². The zero-order valence-corrected chi connectivity index (χ0v) is 17.6. The molecule has 0 radical (unpaired) electrons. The van der Waals surface area contributed by atoms with Crippen LogP contribution in [0.15, 0.2) is 85.2 Å². The van der Waals surface area contributed by atoms with Gasteiger partial charge in [-0.05, 0) is 48.0 Å². The van der Waals surface area contributed by atoms with Gasteiger partial charge in [0.05, 0.1) is 5.56 Å². The van der Waals surface area contributed by atoms with Gasteiger partial charge in [0.1, 0.15) is 11.5 Å². The number of aromatic nitrogens is 2. The highest BCUT2D eigenvalue weighted by Gasteiger charge is 2.33. The van der Waals surface area contributed by atoms with E-state index in [0.29, 0.717) is 16.6 Å². The third-order valence-corrected chi connectivity index (χ3v) is 5.68. The van der Waals surface area contributed by atoms with Gasteiger partial charge in [-0.2, -0.15) is 13.2 Å². The molecule has 8 heteroatoms. The predicted octanol–water partition coefficient (Wildman–Crippen LogP) is 6.65. The summed E-state index contributed by atoms with van der Waals surface area (Å²) in [4.78, 5) is 17.4. The summed E-state index contributed by atoms with van der Waals surface area (Å²) in [5.41, 5.74) is 0.312. The molecule has 0 saturated heterocycles. The summed E-state index contributed by atoms with van der Waals surface area (Å²) in [6.07, 6.45) is -1.28. The fourth-order valence-corrected chi connectivity index (χ4v) is 4.12. The SMILES string of the molecule is O=C(Nc1cccc2cnccc12)c1cc2cc(F)ccc2n1Cc1ccccc1C(F)(F)F. The van der Waals surface area contributed by atoms with E-state index < -0.39 is 23.5 Å². The molecule has 0 bridgehead atoms. The maximum absolute atomic E-state index is 13.9. The van der Waals surface area contributed by atoms with Crippen molar-refractivity contribution in [3.05, 3.63) is 108 Å². The number of halogens is 4. The second-order valence-electron chi connectivity index (χ2n) is 7.83. The van der Waals surface area contributed by atoms with Crippen LogP contribution in [0.3, 0.4) is 0 Å². The molecule has 0 saturated carbocycles. The Morgan fingerprint density at radius 2 is 1.76 bits per heavy atom. The van der Waals surface area contributed by atoms with Gasteiger partial charge in [0, 0.05) is 46.3 Å². The van der Waals surface area contributed by atoms with E-state index in [1.807, 2.05) is 6.07 Å². The summed E-state index contributed by atoms with van der Waals surface area (Å²) in [6.45, 7) is -0.215.